The van der Waals surface area contributed by atoms with Crippen LogP contribution < -0.4 is 15.4 Å². The van der Waals surface area contributed by atoms with Gasteiger partial charge in [0.2, 0.25) is 5.91 Å². The molecule has 1 amide bonds. The van der Waals surface area contributed by atoms with Gasteiger partial charge in [0.05, 0.1) is 7.11 Å². The minimum Gasteiger partial charge on any atom is -0.494 e. The third-order valence-corrected chi connectivity index (χ3v) is 4.51. The zero-order valence-electron chi connectivity index (χ0n) is 12.6. The molecule has 1 heterocycles. The van der Waals surface area contributed by atoms with Crippen molar-refractivity contribution in [2.75, 3.05) is 31.7 Å². The summed E-state index contributed by atoms with van der Waals surface area (Å²) in [5, 5.41) is 6.22. The largest absolute Gasteiger partial charge is 0.494 e. The van der Waals surface area contributed by atoms with Crippen LogP contribution in [0.2, 0.25) is 0 Å². The third kappa shape index (κ3) is 6.02. The number of carbonyl (C=O) groups excluding carboxylic acids is 1. The fourth-order valence-electron chi connectivity index (χ4n) is 2.26. The van der Waals surface area contributed by atoms with Gasteiger partial charge in [-0.15, -0.1) is 12.4 Å². The van der Waals surface area contributed by atoms with Crippen LogP contribution in [0.4, 0.5) is 4.39 Å². The van der Waals surface area contributed by atoms with Crippen LogP contribution in [0.25, 0.3) is 0 Å². The number of rotatable bonds is 6. The first-order valence-corrected chi connectivity index (χ1v) is 8.24. The Kier molecular flexibility index (Phi) is 8.60. The van der Waals surface area contributed by atoms with E-state index in [4.69, 9.17) is 4.74 Å². The average Bonchev–Trinajstić information content (AvgIpc) is 2.48. The van der Waals surface area contributed by atoms with Crippen LogP contribution in [0.15, 0.2) is 18.2 Å². The van der Waals surface area contributed by atoms with Crippen molar-refractivity contribution in [3.8, 4) is 5.75 Å². The molecule has 124 valence electrons. The van der Waals surface area contributed by atoms with E-state index < -0.39 is 0 Å². The normalized spacial score (nSPS) is 17.5. The van der Waals surface area contributed by atoms with Crippen LogP contribution in [0.3, 0.4) is 0 Å². The van der Waals surface area contributed by atoms with Crippen molar-refractivity contribution in [1.29, 1.82) is 0 Å². The summed E-state index contributed by atoms with van der Waals surface area (Å²) in [5.41, 5.74) is 0.847. The fourth-order valence-corrected chi connectivity index (χ4v) is 3.21. The molecule has 1 aliphatic rings. The topological polar surface area (TPSA) is 50.4 Å². The second-order valence-electron chi connectivity index (χ2n) is 5.00. The fraction of sp³-hybridized carbons (Fsp3) is 0.533. The van der Waals surface area contributed by atoms with Crippen molar-refractivity contribution in [2.24, 2.45) is 0 Å². The number of amides is 1. The molecule has 1 aromatic rings. The lowest BCUT2D eigenvalue weighted by Crippen LogP contribution is -2.41. The minimum atomic E-state index is -0.371. The highest BCUT2D eigenvalue weighted by Crippen LogP contribution is 2.17. The van der Waals surface area contributed by atoms with Gasteiger partial charge in [-0.2, -0.15) is 11.8 Å². The molecule has 0 aromatic heterocycles. The summed E-state index contributed by atoms with van der Waals surface area (Å²) < 4.78 is 18.4. The molecule has 0 radical (unpaired) electrons. The molecule has 2 N–H and O–H groups in total. The summed E-state index contributed by atoms with van der Waals surface area (Å²) in [6, 6.07) is 5.13. The van der Waals surface area contributed by atoms with E-state index in [1.165, 1.54) is 13.2 Å². The summed E-state index contributed by atoms with van der Waals surface area (Å²) in [7, 11) is 1.44. The molecule has 1 fully saturated rings. The van der Waals surface area contributed by atoms with Crippen molar-refractivity contribution in [3.63, 3.8) is 0 Å². The lowest BCUT2D eigenvalue weighted by atomic mass is 10.1. The van der Waals surface area contributed by atoms with Crippen LogP contribution in [-0.2, 0) is 11.2 Å². The molecule has 7 heteroatoms. The SMILES string of the molecule is COc1ccc(CCNC(=O)CC2CSCCN2)cc1F.Cl. The Bertz CT molecular complexity index is 485. The lowest BCUT2D eigenvalue weighted by molar-refractivity contribution is -0.121. The predicted octanol–water partition coefficient (Wildman–Crippen LogP) is 2.01. The average molecular weight is 349 g/mol. The third-order valence-electron chi connectivity index (χ3n) is 3.38. The van der Waals surface area contributed by atoms with E-state index in [-0.39, 0.29) is 35.9 Å². The molecule has 1 aliphatic heterocycles. The van der Waals surface area contributed by atoms with Crippen LogP contribution >= 0.6 is 24.2 Å². The van der Waals surface area contributed by atoms with E-state index in [9.17, 15) is 9.18 Å². The van der Waals surface area contributed by atoms with Gasteiger partial charge in [-0.05, 0) is 24.1 Å². The van der Waals surface area contributed by atoms with Gasteiger partial charge in [-0.1, -0.05) is 6.07 Å². The van der Waals surface area contributed by atoms with E-state index in [1.54, 1.807) is 6.07 Å². The van der Waals surface area contributed by atoms with Gasteiger partial charge in [-0.25, -0.2) is 4.39 Å². The Morgan fingerprint density at radius 3 is 3.00 bits per heavy atom. The number of benzene rings is 1. The highest BCUT2D eigenvalue weighted by Gasteiger charge is 2.16. The number of ether oxygens (including phenoxy) is 1. The monoisotopic (exact) mass is 348 g/mol. The van der Waals surface area contributed by atoms with Crippen LogP contribution in [0.1, 0.15) is 12.0 Å². The Labute approximate surface area is 141 Å². The standard InChI is InChI=1S/C15H21FN2O2S.ClH/c1-20-14-3-2-11(8-13(14)16)4-5-18-15(19)9-12-10-21-7-6-17-12;/h2-3,8,12,17H,4-7,9-10H2,1H3,(H,18,19);1H. The van der Waals surface area contributed by atoms with Gasteiger partial charge in [0, 0.05) is 37.1 Å². The van der Waals surface area contributed by atoms with E-state index in [1.807, 2.05) is 17.8 Å². The quantitative estimate of drug-likeness (QED) is 0.825. The number of carbonyl (C=O) groups is 1. The number of thioether (sulfide) groups is 1. The Balaban J connectivity index is 0.00000242. The molecule has 1 atom stereocenters. The summed E-state index contributed by atoms with van der Waals surface area (Å²) >= 11 is 1.87. The van der Waals surface area contributed by atoms with Crippen molar-refractivity contribution >= 4 is 30.1 Å². The molecule has 1 saturated heterocycles. The number of hydrogen-bond acceptors (Lipinski definition) is 4. The second-order valence-corrected chi connectivity index (χ2v) is 6.15. The van der Waals surface area contributed by atoms with Gasteiger partial charge in [0.1, 0.15) is 0 Å². The number of methoxy groups -OCH3 is 1. The maximum absolute atomic E-state index is 13.5. The van der Waals surface area contributed by atoms with Gasteiger partial charge in [0.15, 0.2) is 11.6 Å². The number of halogens is 2. The van der Waals surface area contributed by atoms with Crippen molar-refractivity contribution in [1.82, 2.24) is 10.6 Å². The summed E-state index contributed by atoms with van der Waals surface area (Å²) in [6.07, 6.45) is 1.11. The Hall–Kier alpha value is -0.980. The zero-order valence-corrected chi connectivity index (χ0v) is 14.2. The van der Waals surface area contributed by atoms with Gasteiger partial charge < -0.3 is 15.4 Å². The summed E-state index contributed by atoms with van der Waals surface area (Å²) in [4.78, 5) is 11.8. The smallest absolute Gasteiger partial charge is 0.221 e. The second kappa shape index (κ2) is 9.92. The first kappa shape index (κ1) is 19.1. The van der Waals surface area contributed by atoms with Gasteiger partial charge in [0.25, 0.3) is 0 Å². The van der Waals surface area contributed by atoms with Crippen LogP contribution in [-0.4, -0.2) is 43.7 Å². The molecule has 1 unspecified atom stereocenters. The molecule has 2 rings (SSSR count). The molecular formula is C15H22ClFN2O2S. The highest BCUT2D eigenvalue weighted by atomic mass is 35.5. The van der Waals surface area contributed by atoms with E-state index in [0.29, 0.717) is 19.4 Å². The van der Waals surface area contributed by atoms with E-state index in [2.05, 4.69) is 10.6 Å². The lowest BCUT2D eigenvalue weighted by Gasteiger charge is -2.22. The summed E-state index contributed by atoms with van der Waals surface area (Å²) in [6.45, 7) is 1.48. The summed E-state index contributed by atoms with van der Waals surface area (Å²) in [5.74, 6) is 2.01. The Morgan fingerprint density at radius 2 is 2.36 bits per heavy atom. The first-order valence-electron chi connectivity index (χ1n) is 7.09. The molecule has 0 saturated carbocycles. The minimum absolute atomic E-state index is 0. The molecule has 0 bridgehead atoms. The Morgan fingerprint density at radius 1 is 1.55 bits per heavy atom. The van der Waals surface area contributed by atoms with Crippen molar-refractivity contribution in [2.45, 2.75) is 18.9 Å². The zero-order chi connectivity index (χ0) is 15.1. The van der Waals surface area contributed by atoms with Crippen molar-refractivity contribution < 1.29 is 13.9 Å². The maximum atomic E-state index is 13.5. The van der Waals surface area contributed by atoms with Gasteiger partial charge in [-0.3, -0.25) is 4.79 Å². The molecule has 4 nitrogen and oxygen atoms in total. The predicted molar refractivity (Wildman–Crippen MR) is 90.6 cm³/mol. The molecule has 0 spiro atoms. The molecule has 1 aromatic carbocycles. The molecule has 0 aliphatic carbocycles. The number of nitrogens with one attached hydrogen (secondary N) is 2. The maximum Gasteiger partial charge on any atom is 0.221 e. The van der Waals surface area contributed by atoms with Crippen molar-refractivity contribution in [3.05, 3.63) is 29.6 Å². The molecule has 22 heavy (non-hydrogen) atoms. The number of hydrogen-bond donors (Lipinski definition) is 2. The van der Waals surface area contributed by atoms with E-state index in [0.717, 1.165) is 23.6 Å². The van der Waals surface area contributed by atoms with Gasteiger partial charge >= 0.3 is 0 Å². The first-order chi connectivity index (χ1) is 10.2. The molecular weight excluding hydrogens is 327 g/mol. The van der Waals surface area contributed by atoms with Crippen LogP contribution in [0.5, 0.6) is 5.75 Å². The highest BCUT2D eigenvalue weighted by molar-refractivity contribution is 7.99. The van der Waals surface area contributed by atoms with Crippen LogP contribution in [0, 0.1) is 5.82 Å². The van der Waals surface area contributed by atoms with E-state index >= 15 is 0 Å².